The molecule has 2 heterocycles. The Morgan fingerprint density at radius 2 is 1.62 bits per heavy atom. The fourth-order valence-corrected chi connectivity index (χ4v) is 4.76. The first-order valence-corrected chi connectivity index (χ1v) is 10.9. The summed E-state index contributed by atoms with van der Waals surface area (Å²) in [4.78, 5) is 32.9. The normalized spacial score (nSPS) is 16.1. The Kier molecular flexibility index (Phi) is 5.10. The summed E-state index contributed by atoms with van der Waals surface area (Å²) in [7, 11) is 0. The number of rotatable bonds is 5. The predicted octanol–water partition coefficient (Wildman–Crippen LogP) is 5.06. The molecule has 1 fully saturated rings. The minimum atomic E-state index is -0.0718. The highest BCUT2D eigenvalue weighted by molar-refractivity contribution is 5.98. The van der Waals surface area contributed by atoms with Gasteiger partial charge in [0.15, 0.2) is 5.78 Å². The van der Waals surface area contributed by atoms with Crippen molar-refractivity contribution in [3.63, 3.8) is 0 Å². The van der Waals surface area contributed by atoms with Crippen LogP contribution in [0.1, 0.15) is 39.6 Å². The van der Waals surface area contributed by atoms with Crippen LogP contribution in [-0.2, 0) is 11.3 Å². The van der Waals surface area contributed by atoms with Crippen LogP contribution in [0.5, 0.6) is 0 Å². The molecule has 5 heteroatoms. The summed E-state index contributed by atoms with van der Waals surface area (Å²) in [6.07, 6.45) is 0.386. The number of hydrogen-bond acceptors (Lipinski definition) is 3. The Morgan fingerprint density at radius 3 is 2.38 bits per heavy atom. The van der Waals surface area contributed by atoms with Crippen molar-refractivity contribution in [1.29, 1.82) is 0 Å². The zero-order valence-corrected chi connectivity index (χ0v) is 18.3. The average Bonchev–Trinajstić information content (AvgIpc) is 3.35. The number of imidazole rings is 1. The minimum absolute atomic E-state index is 0.0333. The van der Waals surface area contributed by atoms with Crippen LogP contribution in [0.15, 0.2) is 72.8 Å². The van der Waals surface area contributed by atoms with Gasteiger partial charge in [0.05, 0.1) is 17.6 Å². The van der Waals surface area contributed by atoms with E-state index in [1.807, 2.05) is 96.1 Å². The van der Waals surface area contributed by atoms with Gasteiger partial charge in [-0.05, 0) is 37.1 Å². The number of aromatic nitrogens is 2. The summed E-state index contributed by atoms with van der Waals surface area (Å²) in [6.45, 7) is 4.84. The molecule has 4 aromatic rings. The number of nitrogens with zero attached hydrogens (tertiary/aromatic N) is 3. The molecule has 1 aliphatic heterocycles. The molecule has 1 saturated heterocycles. The van der Waals surface area contributed by atoms with Crippen LogP contribution in [0.2, 0.25) is 0 Å². The smallest absolute Gasteiger partial charge is 0.227 e. The summed E-state index contributed by atoms with van der Waals surface area (Å²) in [5, 5.41) is 0. The minimum Gasteiger partial charge on any atom is -0.320 e. The quantitative estimate of drug-likeness (QED) is 0.422. The Bertz CT molecular complexity index is 1300. The molecule has 160 valence electrons. The third kappa shape index (κ3) is 3.50. The highest BCUT2D eigenvalue weighted by atomic mass is 16.2. The van der Waals surface area contributed by atoms with E-state index in [1.165, 1.54) is 0 Å². The first-order chi connectivity index (χ1) is 15.5. The van der Waals surface area contributed by atoms with E-state index in [1.54, 1.807) is 0 Å². The lowest BCUT2D eigenvalue weighted by Gasteiger charge is -2.21. The number of ketones is 1. The highest BCUT2D eigenvalue weighted by Crippen LogP contribution is 2.36. The van der Waals surface area contributed by atoms with Crippen molar-refractivity contribution in [2.75, 3.05) is 11.4 Å². The van der Waals surface area contributed by atoms with Crippen molar-refractivity contribution in [3.05, 3.63) is 95.3 Å². The number of para-hydroxylation sites is 3. The van der Waals surface area contributed by atoms with Crippen molar-refractivity contribution in [2.45, 2.75) is 32.7 Å². The molecule has 0 saturated carbocycles. The first-order valence-electron chi connectivity index (χ1n) is 10.9. The van der Waals surface area contributed by atoms with E-state index in [0.717, 1.165) is 33.7 Å². The summed E-state index contributed by atoms with van der Waals surface area (Å²) in [5.41, 5.74) is 5.61. The summed E-state index contributed by atoms with van der Waals surface area (Å²) in [6, 6.07) is 23.3. The fourth-order valence-electron chi connectivity index (χ4n) is 4.76. The van der Waals surface area contributed by atoms with Gasteiger partial charge in [-0.25, -0.2) is 4.98 Å². The molecule has 1 aliphatic rings. The number of Topliss-reactive ketones (excluding diaryl/α,β-unsaturated/α-hetero) is 1. The molecule has 0 radical (unpaired) electrons. The van der Waals surface area contributed by atoms with Crippen LogP contribution >= 0.6 is 0 Å². The van der Waals surface area contributed by atoms with Crippen LogP contribution in [0, 0.1) is 13.8 Å². The van der Waals surface area contributed by atoms with Gasteiger partial charge in [-0.1, -0.05) is 60.7 Å². The number of carbonyl (C=O) groups excluding carboxylic acids is 2. The van der Waals surface area contributed by atoms with E-state index >= 15 is 0 Å². The molecule has 1 atom stereocenters. The topological polar surface area (TPSA) is 55.2 Å². The number of aryl methyl sites for hydroxylation is 2. The van der Waals surface area contributed by atoms with Crippen molar-refractivity contribution in [2.24, 2.45) is 0 Å². The van der Waals surface area contributed by atoms with Crippen molar-refractivity contribution in [1.82, 2.24) is 9.55 Å². The third-order valence-electron chi connectivity index (χ3n) is 6.28. The SMILES string of the molecule is Cc1cccc(C)c1N1CC(c2nc3ccccc3n2CC(=O)c2ccccc2)CC1=O. The van der Waals surface area contributed by atoms with Crippen molar-refractivity contribution < 1.29 is 9.59 Å². The van der Waals surface area contributed by atoms with Crippen LogP contribution in [0.4, 0.5) is 5.69 Å². The first kappa shape index (κ1) is 20.2. The van der Waals surface area contributed by atoms with Crippen LogP contribution in [-0.4, -0.2) is 27.8 Å². The molecule has 0 bridgehead atoms. The lowest BCUT2D eigenvalue weighted by Crippen LogP contribution is -2.26. The second-order valence-corrected chi connectivity index (χ2v) is 8.48. The Labute approximate surface area is 187 Å². The predicted molar refractivity (Wildman–Crippen MR) is 126 cm³/mol. The molecule has 32 heavy (non-hydrogen) atoms. The van der Waals surface area contributed by atoms with E-state index in [-0.39, 0.29) is 24.2 Å². The van der Waals surface area contributed by atoms with E-state index in [0.29, 0.717) is 18.5 Å². The number of amides is 1. The van der Waals surface area contributed by atoms with E-state index in [9.17, 15) is 9.59 Å². The van der Waals surface area contributed by atoms with Gasteiger partial charge >= 0.3 is 0 Å². The van der Waals surface area contributed by atoms with Gasteiger partial charge in [0.1, 0.15) is 5.82 Å². The molecule has 5 nitrogen and oxygen atoms in total. The van der Waals surface area contributed by atoms with E-state index in [2.05, 4.69) is 0 Å². The maximum Gasteiger partial charge on any atom is 0.227 e. The third-order valence-corrected chi connectivity index (χ3v) is 6.28. The Hall–Kier alpha value is -3.73. The van der Waals surface area contributed by atoms with Gasteiger partial charge < -0.3 is 9.47 Å². The van der Waals surface area contributed by atoms with Crippen molar-refractivity contribution >= 4 is 28.4 Å². The Balaban J connectivity index is 1.53. The largest absolute Gasteiger partial charge is 0.320 e. The van der Waals surface area contributed by atoms with Gasteiger partial charge in [-0.2, -0.15) is 0 Å². The lowest BCUT2D eigenvalue weighted by molar-refractivity contribution is -0.117. The van der Waals surface area contributed by atoms with Gasteiger partial charge in [-0.3, -0.25) is 9.59 Å². The highest BCUT2D eigenvalue weighted by Gasteiger charge is 2.36. The van der Waals surface area contributed by atoms with Crippen molar-refractivity contribution in [3.8, 4) is 0 Å². The molecule has 1 aromatic heterocycles. The zero-order valence-electron chi connectivity index (χ0n) is 18.3. The molecule has 3 aromatic carbocycles. The number of fused-ring (bicyclic) bond motifs is 1. The molecule has 1 unspecified atom stereocenters. The van der Waals surface area contributed by atoms with Crippen LogP contribution in [0.3, 0.4) is 0 Å². The molecular weight excluding hydrogens is 398 g/mol. The number of carbonyl (C=O) groups is 2. The maximum absolute atomic E-state index is 13.1. The summed E-state index contributed by atoms with van der Waals surface area (Å²) < 4.78 is 2.00. The standard InChI is InChI=1S/C27H25N3O2/c1-18-9-8-10-19(2)26(18)30-16-21(15-25(30)32)27-28-22-13-6-7-14-23(22)29(27)17-24(31)20-11-4-3-5-12-20/h3-14,21H,15-17H2,1-2H3. The monoisotopic (exact) mass is 423 g/mol. The number of anilines is 1. The molecule has 0 spiro atoms. The van der Waals surface area contributed by atoms with Gasteiger partial charge in [0.25, 0.3) is 0 Å². The molecule has 0 aliphatic carbocycles. The summed E-state index contributed by atoms with van der Waals surface area (Å²) in [5.74, 6) is 0.862. The maximum atomic E-state index is 13.1. The molecule has 5 rings (SSSR count). The zero-order chi connectivity index (χ0) is 22.2. The summed E-state index contributed by atoms with van der Waals surface area (Å²) >= 11 is 0. The molecular formula is C27H25N3O2. The van der Waals surface area contributed by atoms with Crippen LogP contribution in [0.25, 0.3) is 11.0 Å². The van der Waals surface area contributed by atoms with Gasteiger partial charge in [0.2, 0.25) is 5.91 Å². The second kappa shape index (κ2) is 8.08. The number of hydrogen-bond donors (Lipinski definition) is 0. The second-order valence-electron chi connectivity index (χ2n) is 8.48. The fraction of sp³-hybridized carbons (Fsp3) is 0.222. The molecule has 0 N–H and O–H groups in total. The molecule has 1 amide bonds. The lowest BCUT2D eigenvalue weighted by atomic mass is 10.1. The van der Waals surface area contributed by atoms with E-state index < -0.39 is 0 Å². The van der Waals surface area contributed by atoms with E-state index in [4.69, 9.17) is 4.98 Å². The van der Waals surface area contributed by atoms with Crippen LogP contribution < -0.4 is 4.90 Å². The van der Waals surface area contributed by atoms with Gasteiger partial charge in [-0.15, -0.1) is 0 Å². The number of benzene rings is 3. The average molecular weight is 424 g/mol. The Morgan fingerprint density at radius 1 is 0.938 bits per heavy atom. The van der Waals surface area contributed by atoms with Gasteiger partial charge in [0, 0.05) is 30.1 Å².